The van der Waals surface area contributed by atoms with Crippen LogP contribution in [-0.4, -0.2) is 20.9 Å². The lowest BCUT2D eigenvalue weighted by atomic mass is 9.92. The maximum Gasteiger partial charge on any atom is 0.346 e. The molecule has 6 nitrogen and oxygen atoms in total. The SMILES string of the molecule is CC(C)C1(CNc2nn(C)c(=O)n(C)c2=O)CC1. The summed E-state index contributed by atoms with van der Waals surface area (Å²) in [6, 6.07) is 0. The topological polar surface area (TPSA) is 68.9 Å². The van der Waals surface area contributed by atoms with Crippen molar-refractivity contribution >= 4 is 5.82 Å². The highest BCUT2D eigenvalue weighted by Crippen LogP contribution is 2.51. The van der Waals surface area contributed by atoms with Crippen LogP contribution >= 0.6 is 0 Å². The van der Waals surface area contributed by atoms with Crippen molar-refractivity contribution in [3.05, 3.63) is 20.8 Å². The molecule has 0 unspecified atom stereocenters. The van der Waals surface area contributed by atoms with Gasteiger partial charge in [0.05, 0.1) is 0 Å². The normalized spacial score (nSPS) is 16.9. The Bertz CT molecular complexity index is 566. The molecule has 2 rings (SSSR count). The molecule has 1 aromatic heterocycles. The summed E-state index contributed by atoms with van der Waals surface area (Å²) >= 11 is 0. The van der Waals surface area contributed by atoms with Crippen molar-refractivity contribution in [2.45, 2.75) is 26.7 Å². The fourth-order valence-electron chi connectivity index (χ4n) is 2.19. The Balaban J connectivity index is 2.21. The van der Waals surface area contributed by atoms with Crippen LogP contribution in [0.25, 0.3) is 0 Å². The van der Waals surface area contributed by atoms with E-state index in [0.717, 1.165) is 11.1 Å². The van der Waals surface area contributed by atoms with Gasteiger partial charge in [-0.05, 0) is 24.2 Å². The van der Waals surface area contributed by atoms with Crippen molar-refractivity contribution in [2.75, 3.05) is 11.9 Å². The summed E-state index contributed by atoms with van der Waals surface area (Å²) in [4.78, 5) is 23.4. The average molecular weight is 252 g/mol. The second-order valence-electron chi connectivity index (χ2n) is 5.49. The van der Waals surface area contributed by atoms with Crippen molar-refractivity contribution in [3.63, 3.8) is 0 Å². The third-order valence-electron chi connectivity index (χ3n) is 4.05. The number of hydrogen-bond donors (Lipinski definition) is 1. The molecule has 1 fully saturated rings. The highest BCUT2D eigenvalue weighted by molar-refractivity contribution is 5.30. The lowest BCUT2D eigenvalue weighted by Crippen LogP contribution is -2.40. The lowest BCUT2D eigenvalue weighted by molar-refractivity contribution is 0.379. The fraction of sp³-hybridized carbons (Fsp3) is 0.750. The first-order chi connectivity index (χ1) is 8.37. The first kappa shape index (κ1) is 12.9. The summed E-state index contributed by atoms with van der Waals surface area (Å²) in [6.07, 6.45) is 2.37. The van der Waals surface area contributed by atoms with E-state index in [1.54, 1.807) is 7.05 Å². The standard InChI is InChI=1S/C12H20N4O2/c1-8(2)12(5-6-12)7-13-9-10(17)15(3)11(18)16(4)14-9/h8H,5-7H2,1-4H3,(H,13,14). The number of aromatic nitrogens is 3. The highest BCUT2D eigenvalue weighted by atomic mass is 16.2. The van der Waals surface area contributed by atoms with E-state index >= 15 is 0 Å². The molecular formula is C12H20N4O2. The average Bonchev–Trinajstić information content (AvgIpc) is 3.10. The predicted octanol–water partition coefficient (Wildman–Crippen LogP) is 0.327. The summed E-state index contributed by atoms with van der Waals surface area (Å²) in [5, 5.41) is 7.08. The molecule has 1 aliphatic carbocycles. The molecule has 100 valence electrons. The minimum atomic E-state index is -0.407. The van der Waals surface area contributed by atoms with E-state index in [1.807, 2.05) is 0 Å². The van der Waals surface area contributed by atoms with E-state index in [2.05, 4.69) is 24.3 Å². The van der Waals surface area contributed by atoms with E-state index in [1.165, 1.54) is 24.6 Å². The van der Waals surface area contributed by atoms with Crippen LogP contribution in [0.3, 0.4) is 0 Å². The Morgan fingerprint density at radius 2 is 1.94 bits per heavy atom. The molecule has 6 heteroatoms. The van der Waals surface area contributed by atoms with Gasteiger partial charge in [0, 0.05) is 20.6 Å². The molecule has 0 amide bonds. The largest absolute Gasteiger partial charge is 0.363 e. The van der Waals surface area contributed by atoms with Gasteiger partial charge in [0.2, 0.25) is 5.82 Å². The van der Waals surface area contributed by atoms with Gasteiger partial charge in [0.15, 0.2) is 0 Å². The molecule has 0 atom stereocenters. The first-order valence-electron chi connectivity index (χ1n) is 6.25. The van der Waals surface area contributed by atoms with Crippen molar-refractivity contribution < 1.29 is 0 Å². The van der Waals surface area contributed by atoms with Gasteiger partial charge < -0.3 is 5.32 Å². The van der Waals surface area contributed by atoms with Gasteiger partial charge in [-0.2, -0.15) is 0 Å². The minimum Gasteiger partial charge on any atom is -0.363 e. The Morgan fingerprint density at radius 3 is 2.44 bits per heavy atom. The van der Waals surface area contributed by atoms with E-state index < -0.39 is 5.69 Å². The zero-order valence-electron chi connectivity index (χ0n) is 11.4. The van der Waals surface area contributed by atoms with Crippen LogP contribution in [0.2, 0.25) is 0 Å². The second-order valence-corrected chi connectivity index (χ2v) is 5.49. The summed E-state index contributed by atoms with van der Waals surface area (Å²) in [5.41, 5.74) is -0.477. The molecule has 0 saturated heterocycles. The molecule has 0 bridgehead atoms. The van der Waals surface area contributed by atoms with Gasteiger partial charge in [-0.1, -0.05) is 13.8 Å². The molecule has 0 spiro atoms. The van der Waals surface area contributed by atoms with Crippen molar-refractivity contribution in [3.8, 4) is 0 Å². The summed E-state index contributed by atoms with van der Waals surface area (Å²) < 4.78 is 2.25. The molecule has 1 N–H and O–H groups in total. The molecule has 0 radical (unpaired) electrons. The smallest absolute Gasteiger partial charge is 0.346 e. The van der Waals surface area contributed by atoms with Crippen molar-refractivity contribution in [1.82, 2.24) is 14.3 Å². The second kappa shape index (κ2) is 4.26. The van der Waals surface area contributed by atoms with E-state index in [9.17, 15) is 9.59 Å². The molecule has 0 aliphatic heterocycles. The van der Waals surface area contributed by atoms with Crippen molar-refractivity contribution in [2.24, 2.45) is 25.4 Å². The van der Waals surface area contributed by atoms with E-state index in [4.69, 9.17) is 0 Å². The molecule has 1 aliphatic rings. The third-order valence-corrected chi connectivity index (χ3v) is 4.05. The van der Waals surface area contributed by atoms with Crippen LogP contribution in [0, 0.1) is 11.3 Å². The predicted molar refractivity (Wildman–Crippen MR) is 69.7 cm³/mol. The maximum atomic E-state index is 11.9. The number of nitrogens with one attached hydrogen (secondary N) is 1. The Morgan fingerprint density at radius 1 is 1.33 bits per heavy atom. The summed E-state index contributed by atoms with van der Waals surface area (Å²) in [7, 11) is 3.01. The minimum absolute atomic E-state index is 0.256. The molecule has 0 aromatic carbocycles. The van der Waals surface area contributed by atoms with Crippen LogP contribution < -0.4 is 16.6 Å². The summed E-state index contributed by atoms with van der Waals surface area (Å²) in [6.45, 7) is 5.13. The Labute approximate surface area is 106 Å². The first-order valence-corrected chi connectivity index (χ1v) is 6.25. The maximum absolute atomic E-state index is 11.9. The van der Waals surface area contributed by atoms with Crippen LogP contribution in [0.1, 0.15) is 26.7 Å². The number of anilines is 1. The highest BCUT2D eigenvalue weighted by Gasteiger charge is 2.45. The number of aryl methyl sites for hydroxylation is 1. The van der Waals surface area contributed by atoms with Crippen molar-refractivity contribution in [1.29, 1.82) is 0 Å². The van der Waals surface area contributed by atoms with E-state index in [0.29, 0.717) is 11.3 Å². The number of rotatable bonds is 4. The molecule has 1 saturated carbocycles. The monoisotopic (exact) mass is 252 g/mol. The molecule has 1 aromatic rings. The lowest BCUT2D eigenvalue weighted by Gasteiger charge is -2.20. The van der Waals surface area contributed by atoms with Crippen LogP contribution in [-0.2, 0) is 14.1 Å². The molecule has 18 heavy (non-hydrogen) atoms. The fourth-order valence-corrected chi connectivity index (χ4v) is 2.19. The number of nitrogens with zero attached hydrogens (tertiary/aromatic N) is 3. The van der Waals surface area contributed by atoms with E-state index in [-0.39, 0.29) is 11.4 Å². The quantitative estimate of drug-likeness (QED) is 0.838. The van der Waals surface area contributed by atoms with Gasteiger partial charge in [-0.3, -0.25) is 9.36 Å². The van der Waals surface area contributed by atoms with Gasteiger partial charge in [0.25, 0.3) is 5.56 Å². The third kappa shape index (κ3) is 2.07. The van der Waals surface area contributed by atoms with Gasteiger partial charge >= 0.3 is 5.69 Å². The molecule has 1 heterocycles. The number of hydrogen-bond acceptors (Lipinski definition) is 4. The van der Waals surface area contributed by atoms with Crippen LogP contribution in [0.5, 0.6) is 0 Å². The molecular weight excluding hydrogens is 232 g/mol. The van der Waals surface area contributed by atoms with Gasteiger partial charge in [-0.25, -0.2) is 9.48 Å². The van der Waals surface area contributed by atoms with Crippen LogP contribution in [0.4, 0.5) is 5.82 Å². The van der Waals surface area contributed by atoms with Gasteiger partial charge in [0.1, 0.15) is 0 Å². The summed E-state index contributed by atoms with van der Waals surface area (Å²) in [5.74, 6) is 0.841. The Kier molecular flexibility index (Phi) is 3.04. The zero-order valence-corrected chi connectivity index (χ0v) is 11.4. The van der Waals surface area contributed by atoms with Gasteiger partial charge in [-0.15, -0.1) is 5.10 Å². The van der Waals surface area contributed by atoms with Crippen LogP contribution in [0.15, 0.2) is 9.59 Å². The Hall–Kier alpha value is -1.59. The zero-order chi connectivity index (χ0) is 13.5.